The van der Waals surface area contributed by atoms with E-state index in [9.17, 15) is 22.7 Å². The topological polar surface area (TPSA) is 105 Å². The van der Waals surface area contributed by atoms with Crippen molar-refractivity contribution in [2.24, 2.45) is 0 Å². The van der Waals surface area contributed by atoms with Gasteiger partial charge in [-0.1, -0.05) is 30.3 Å². The molecule has 1 amide bonds. The third-order valence-electron chi connectivity index (χ3n) is 5.93. The number of anilines is 2. The zero-order chi connectivity index (χ0) is 28.2. The first-order valence-electron chi connectivity index (χ1n) is 12.3. The Bertz CT molecular complexity index is 1600. The first-order valence-corrected chi connectivity index (χ1v) is 13.8. The van der Waals surface area contributed by atoms with Gasteiger partial charge in [-0.05, 0) is 91.6 Å². The lowest BCUT2D eigenvalue weighted by atomic mass is 10.0. The second-order valence-corrected chi connectivity index (χ2v) is 11.7. The molecule has 0 fully saturated rings. The Balaban J connectivity index is 1.42. The fourth-order valence-electron chi connectivity index (χ4n) is 3.84. The van der Waals surface area contributed by atoms with Gasteiger partial charge in [-0.2, -0.15) is 0 Å². The maximum absolute atomic E-state index is 14.8. The van der Waals surface area contributed by atoms with E-state index in [0.29, 0.717) is 16.8 Å². The molecule has 7 nitrogen and oxygen atoms in total. The molecule has 0 aliphatic heterocycles. The first kappa shape index (κ1) is 27.7. The molecule has 39 heavy (non-hydrogen) atoms. The van der Waals surface area contributed by atoms with Crippen LogP contribution in [0.15, 0.2) is 84.9 Å². The van der Waals surface area contributed by atoms with Crippen LogP contribution in [0.3, 0.4) is 0 Å². The van der Waals surface area contributed by atoms with Crippen LogP contribution in [-0.2, 0) is 16.6 Å². The summed E-state index contributed by atoms with van der Waals surface area (Å²) in [6.45, 7) is 5.03. The molecule has 0 aliphatic rings. The number of phenolic OH excluding ortho intramolecular Hbond substituents is 1. The molecule has 4 aromatic rings. The monoisotopic (exact) mass is 548 g/mol. The average molecular weight is 549 g/mol. The van der Waals surface area contributed by atoms with Gasteiger partial charge < -0.3 is 15.2 Å². The number of hydrogen-bond donors (Lipinski definition) is 3. The molecule has 0 aliphatic carbocycles. The number of aryl methyl sites for hydroxylation is 1. The summed E-state index contributed by atoms with van der Waals surface area (Å²) in [7, 11) is -3.51. The molecule has 0 heterocycles. The standard InChI is InChI=1S/C30H29FN2O5S/c1-19(2)39(36,37)33-26-14-20(3)13-21(15-26)18-38-29-12-9-25(17-28(29)31)32-30(35)24-6-4-5-23(16-24)22-7-10-27(34)11-8-22/h4-17,19,33-34H,18H2,1-3H3,(H,32,35). The molecular weight excluding hydrogens is 519 g/mol. The molecule has 202 valence electrons. The SMILES string of the molecule is Cc1cc(COc2ccc(NC(=O)c3cccc(-c4ccc(O)cc4)c3)cc2F)cc(NS(=O)(=O)C(C)C)c1. The van der Waals surface area contributed by atoms with Gasteiger partial charge in [0, 0.05) is 23.0 Å². The Morgan fingerprint density at radius 3 is 2.36 bits per heavy atom. The minimum Gasteiger partial charge on any atom is -0.508 e. The molecule has 0 spiro atoms. The van der Waals surface area contributed by atoms with Gasteiger partial charge in [-0.25, -0.2) is 12.8 Å². The molecule has 3 N–H and O–H groups in total. The molecule has 0 saturated carbocycles. The van der Waals surface area contributed by atoms with Gasteiger partial charge in [0.2, 0.25) is 10.0 Å². The third-order valence-corrected chi connectivity index (χ3v) is 7.69. The molecule has 0 unspecified atom stereocenters. The number of rotatable bonds is 9. The highest BCUT2D eigenvalue weighted by Crippen LogP contribution is 2.26. The molecule has 9 heteroatoms. The Morgan fingerprint density at radius 2 is 1.67 bits per heavy atom. The third kappa shape index (κ3) is 7.14. The minimum absolute atomic E-state index is 0.00635. The van der Waals surface area contributed by atoms with Gasteiger partial charge in [0.15, 0.2) is 11.6 Å². The summed E-state index contributed by atoms with van der Waals surface area (Å²) in [5.74, 6) is -0.910. The van der Waals surface area contributed by atoms with Crippen LogP contribution in [0.25, 0.3) is 11.1 Å². The summed E-state index contributed by atoms with van der Waals surface area (Å²) in [5.41, 5.74) is 4.20. The van der Waals surface area contributed by atoms with Crippen LogP contribution in [0, 0.1) is 12.7 Å². The number of halogens is 1. The number of hydrogen-bond acceptors (Lipinski definition) is 5. The molecular formula is C30H29FN2O5S. The first-order chi connectivity index (χ1) is 18.5. The molecule has 0 bridgehead atoms. The largest absolute Gasteiger partial charge is 0.508 e. The highest BCUT2D eigenvalue weighted by Gasteiger charge is 2.16. The van der Waals surface area contributed by atoms with Crippen molar-refractivity contribution in [1.82, 2.24) is 0 Å². The van der Waals surface area contributed by atoms with Gasteiger partial charge in [0.05, 0.1) is 5.25 Å². The molecule has 4 aromatic carbocycles. The van der Waals surface area contributed by atoms with Crippen molar-refractivity contribution in [1.29, 1.82) is 0 Å². The van der Waals surface area contributed by atoms with Crippen molar-refractivity contribution < 1.29 is 27.4 Å². The van der Waals surface area contributed by atoms with Crippen LogP contribution < -0.4 is 14.8 Å². The van der Waals surface area contributed by atoms with Gasteiger partial charge in [-0.15, -0.1) is 0 Å². The predicted octanol–water partition coefficient (Wildman–Crippen LogP) is 6.49. The molecule has 0 radical (unpaired) electrons. The van der Waals surface area contributed by atoms with Crippen LogP contribution in [0.5, 0.6) is 11.5 Å². The summed E-state index contributed by atoms with van der Waals surface area (Å²) >= 11 is 0. The van der Waals surface area contributed by atoms with E-state index in [0.717, 1.165) is 16.7 Å². The lowest BCUT2D eigenvalue weighted by Gasteiger charge is -2.14. The lowest BCUT2D eigenvalue weighted by Crippen LogP contribution is -2.22. The summed E-state index contributed by atoms with van der Waals surface area (Å²) in [4.78, 5) is 12.8. The number of phenols is 1. The van der Waals surface area contributed by atoms with Gasteiger partial charge in [0.25, 0.3) is 5.91 Å². The van der Waals surface area contributed by atoms with Crippen molar-refractivity contribution >= 4 is 27.3 Å². The number of carbonyl (C=O) groups excluding carboxylic acids is 1. The second kappa shape index (κ2) is 11.6. The number of benzene rings is 4. The molecule has 4 rings (SSSR count). The summed E-state index contributed by atoms with van der Waals surface area (Å²) in [5, 5.41) is 11.6. The zero-order valence-electron chi connectivity index (χ0n) is 21.7. The predicted molar refractivity (Wildman–Crippen MR) is 151 cm³/mol. The smallest absolute Gasteiger partial charge is 0.255 e. The average Bonchev–Trinajstić information content (AvgIpc) is 2.88. The molecule has 0 saturated heterocycles. The van der Waals surface area contributed by atoms with Crippen LogP contribution in [0.4, 0.5) is 15.8 Å². The van der Waals surface area contributed by atoms with E-state index in [4.69, 9.17) is 4.74 Å². The Kier molecular flexibility index (Phi) is 8.21. The normalized spacial score (nSPS) is 11.3. The van der Waals surface area contributed by atoms with E-state index in [1.165, 1.54) is 12.1 Å². The van der Waals surface area contributed by atoms with Gasteiger partial charge >= 0.3 is 0 Å². The van der Waals surface area contributed by atoms with Crippen LogP contribution >= 0.6 is 0 Å². The van der Waals surface area contributed by atoms with Crippen LogP contribution in [-0.4, -0.2) is 24.7 Å². The number of ether oxygens (including phenoxy) is 1. The van der Waals surface area contributed by atoms with Crippen LogP contribution in [0.1, 0.15) is 35.3 Å². The number of nitrogens with one attached hydrogen (secondary N) is 2. The molecule has 0 atom stereocenters. The van der Waals surface area contributed by atoms with Crippen molar-refractivity contribution in [3.05, 3.63) is 107 Å². The van der Waals surface area contributed by atoms with E-state index in [1.807, 2.05) is 19.1 Å². The van der Waals surface area contributed by atoms with Gasteiger partial charge in [-0.3, -0.25) is 9.52 Å². The van der Waals surface area contributed by atoms with E-state index >= 15 is 0 Å². The fraction of sp³-hybridized carbons (Fsp3) is 0.167. The van der Waals surface area contributed by atoms with Crippen molar-refractivity contribution in [3.8, 4) is 22.6 Å². The Labute approximate surface area is 227 Å². The highest BCUT2D eigenvalue weighted by molar-refractivity contribution is 7.93. The maximum atomic E-state index is 14.8. The highest BCUT2D eigenvalue weighted by atomic mass is 32.2. The van der Waals surface area contributed by atoms with Crippen molar-refractivity contribution in [2.45, 2.75) is 32.6 Å². The van der Waals surface area contributed by atoms with Gasteiger partial charge in [0.1, 0.15) is 12.4 Å². The van der Waals surface area contributed by atoms with Crippen molar-refractivity contribution in [3.63, 3.8) is 0 Å². The molecule has 0 aromatic heterocycles. The lowest BCUT2D eigenvalue weighted by molar-refractivity contribution is 0.102. The second-order valence-electron chi connectivity index (χ2n) is 9.42. The number of aromatic hydroxyl groups is 1. The summed E-state index contributed by atoms with van der Waals surface area (Å²) in [6, 6.07) is 22.9. The minimum atomic E-state index is -3.51. The number of amides is 1. The van der Waals surface area contributed by atoms with Crippen LogP contribution in [0.2, 0.25) is 0 Å². The quantitative estimate of drug-likeness (QED) is 0.222. The van der Waals surface area contributed by atoms with E-state index in [-0.39, 0.29) is 23.8 Å². The fourth-order valence-corrected chi connectivity index (χ4v) is 4.52. The van der Waals surface area contributed by atoms with E-state index in [1.54, 1.807) is 74.5 Å². The summed E-state index contributed by atoms with van der Waals surface area (Å²) < 4.78 is 47.4. The van der Waals surface area contributed by atoms with E-state index < -0.39 is 27.0 Å². The Morgan fingerprint density at radius 1 is 0.923 bits per heavy atom. The number of sulfonamides is 1. The maximum Gasteiger partial charge on any atom is 0.255 e. The summed E-state index contributed by atoms with van der Waals surface area (Å²) in [6.07, 6.45) is 0. The van der Waals surface area contributed by atoms with Crippen molar-refractivity contribution in [2.75, 3.05) is 10.0 Å². The Hall–Kier alpha value is -4.37. The zero-order valence-corrected chi connectivity index (χ0v) is 22.6. The number of carbonyl (C=O) groups is 1. The van der Waals surface area contributed by atoms with E-state index in [2.05, 4.69) is 10.0 Å².